The Morgan fingerprint density at radius 1 is 1.60 bits per heavy atom. The molecule has 0 radical (unpaired) electrons. The molecule has 0 fully saturated rings. The van der Waals surface area contributed by atoms with Gasteiger partial charge in [-0.15, -0.1) is 6.58 Å². The zero-order valence-corrected chi connectivity index (χ0v) is 8.91. The number of hydrogen-bond donors (Lipinski definition) is 1. The lowest BCUT2D eigenvalue weighted by Crippen LogP contribution is -1.98. The van der Waals surface area contributed by atoms with Gasteiger partial charge < -0.3 is 9.84 Å². The molecule has 0 amide bonds. The molecule has 0 saturated carbocycles. The van der Waals surface area contributed by atoms with Crippen LogP contribution in [0.25, 0.3) is 0 Å². The Balaban J connectivity index is 3.34. The van der Waals surface area contributed by atoms with Crippen molar-refractivity contribution in [1.29, 1.82) is 0 Å². The van der Waals surface area contributed by atoms with E-state index in [-0.39, 0.29) is 11.5 Å². The number of benzene rings is 1. The van der Waals surface area contributed by atoms with Crippen molar-refractivity contribution in [2.75, 3.05) is 7.11 Å². The Labute approximate surface area is 89.0 Å². The minimum atomic E-state index is -0.166. The highest BCUT2D eigenvalue weighted by atomic mass is 16.5. The van der Waals surface area contributed by atoms with E-state index in [1.807, 2.05) is 0 Å². The van der Waals surface area contributed by atoms with Crippen molar-refractivity contribution in [3.63, 3.8) is 0 Å². The quantitative estimate of drug-likeness (QED) is 0.607. The highest BCUT2D eigenvalue weighted by Crippen LogP contribution is 2.32. The SMILES string of the molecule is C=CCc1c(OC)ccc(C(C)=O)c1O. The second kappa shape index (κ2) is 4.64. The van der Waals surface area contributed by atoms with Crippen LogP contribution < -0.4 is 4.74 Å². The molecule has 1 aromatic carbocycles. The van der Waals surface area contributed by atoms with Crippen LogP contribution in [0, 0.1) is 0 Å². The third-order valence-electron chi connectivity index (χ3n) is 2.19. The Kier molecular flexibility index (Phi) is 3.50. The molecule has 0 atom stereocenters. The van der Waals surface area contributed by atoms with Gasteiger partial charge in [-0.1, -0.05) is 6.08 Å². The van der Waals surface area contributed by atoms with Crippen LogP contribution in [0.15, 0.2) is 24.8 Å². The molecule has 0 aliphatic rings. The van der Waals surface area contributed by atoms with Crippen LogP contribution in [0.1, 0.15) is 22.8 Å². The van der Waals surface area contributed by atoms with E-state index in [9.17, 15) is 9.90 Å². The summed E-state index contributed by atoms with van der Waals surface area (Å²) in [6.07, 6.45) is 2.12. The predicted octanol–water partition coefficient (Wildman–Crippen LogP) is 2.33. The summed E-state index contributed by atoms with van der Waals surface area (Å²) in [5, 5.41) is 9.85. The van der Waals surface area contributed by atoms with Gasteiger partial charge in [-0.05, 0) is 25.5 Å². The third kappa shape index (κ3) is 2.18. The first-order chi connectivity index (χ1) is 7.11. The second-order valence-corrected chi connectivity index (χ2v) is 3.19. The number of carbonyl (C=O) groups excluding carboxylic acids is 1. The maximum atomic E-state index is 11.2. The van der Waals surface area contributed by atoms with Crippen molar-refractivity contribution >= 4 is 5.78 Å². The lowest BCUT2D eigenvalue weighted by atomic mass is 10.0. The van der Waals surface area contributed by atoms with Gasteiger partial charge in [0.1, 0.15) is 11.5 Å². The molecule has 3 heteroatoms. The number of methoxy groups -OCH3 is 1. The largest absolute Gasteiger partial charge is 0.507 e. The summed E-state index contributed by atoms with van der Waals surface area (Å²) in [7, 11) is 1.52. The number of hydrogen-bond acceptors (Lipinski definition) is 3. The number of aromatic hydroxyl groups is 1. The summed E-state index contributed by atoms with van der Waals surface area (Å²) >= 11 is 0. The van der Waals surface area contributed by atoms with Gasteiger partial charge in [0.15, 0.2) is 5.78 Å². The maximum Gasteiger partial charge on any atom is 0.163 e. The van der Waals surface area contributed by atoms with E-state index in [0.717, 1.165) is 0 Å². The van der Waals surface area contributed by atoms with Crippen LogP contribution in [-0.4, -0.2) is 18.0 Å². The summed E-state index contributed by atoms with van der Waals surface area (Å²) < 4.78 is 5.09. The van der Waals surface area contributed by atoms with Crippen LogP contribution >= 0.6 is 0 Å². The smallest absolute Gasteiger partial charge is 0.163 e. The number of rotatable bonds is 4. The number of ketones is 1. The molecule has 0 aromatic heterocycles. The lowest BCUT2D eigenvalue weighted by molar-refractivity contribution is 0.101. The number of phenols is 1. The van der Waals surface area contributed by atoms with Gasteiger partial charge in [0, 0.05) is 5.56 Å². The van der Waals surface area contributed by atoms with Gasteiger partial charge in [0.05, 0.1) is 12.7 Å². The minimum absolute atomic E-state index is 0.0123. The second-order valence-electron chi connectivity index (χ2n) is 3.19. The molecule has 3 nitrogen and oxygen atoms in total. The lowest BCUT2D eigenvalue weighted by Gasteiger charge is -2.11. The van der Waals surface area contributed by atoms with Crippen LogP contribution in [0.3, 0.4) is 0 Å². The van der Waals surface area contributed by atoms with Gasteiger partial charge >= 0.3 is 0 Å². The average Bonchev–Trinajstić information content (AvgIpc) is 2.20. The van der Waals surface area contributed by atoms with Crippen molar-refractivity contribution in [2.45, 2.75) is 13.3 Å². The molecule has 0 aliphatic heterocycles. The van der Waals surface area contributed by atoms with Crippen LogP contribution in [0.5, 0.6) is 11.5 Å². The first kappa shape index (κ1) is 11.3. The fourth-order valence-corrected chi connectivity index (χ4v) is 1.43. The van der Waals surface area contributed by atoms with Crippen molar-refractivity contribution in [2.24, 2.45) is 0 Å². The zero-order valence-electron chi connectivity index (χ0n) is 8.91. The van der Waals surface area contributed by atoms with E-state index < -0.39 is 0 Å². The fraction of sp³-hybridized carbons (Fsp3) is 0.250. The maximum absolute atomic E-state index is 11.2. The molecule has 0 unspecified atom stereocenters. The molecule has 0 heterocycles. The first-order valence-electron chi connectivity index (χ1n) is 4.62. The Hall–Kier alpha value is -1.77. The highest BCUT2D eigenvalue weighted by molar-refractivity contribution is 5.97. The molecule has 15 heavy (non-hydrogen) atoms. The van der Waals surface area contributed by atoms with Crippen molar-refractivity contribution < 1.29 is 14.6 Å². The molecule has 80 valence electrons. The van der Waals surface area contributed by atoms with Crippen molar-refractivity contribution in [3.05, 3.63) is 35.9 Å². The standard InChI is InChI=1S/C12H14O3/c1-4-5-10-11(15-3)7-6-9(8(2)13)12(10)14/h4,6-7,14H,1,5H2,2-3H3. The Bertz CT molecular complexity index is 394. The first-order valence-corrected chi connectivity index (χ1v) is 4.62. The van der Waals surface area contributed by atoms with Gasteiger partial charge in [-0.25, -0.2) is 0 Å². The summed E-state index contributed by atoms with van der Waals surface area (Å²) in [6, 6.07) is 3.23. The third-order valence-corrected chi connectivity index (χ3v) is 2.19. The van der Waals surface area contributed by atoms with Crippen molar-refractivity contribution in [1.82, 2.24) is 0 Å². The van der Waals surface area contributed by atoms with Crippen LogP contribution in [-0.2, 0) is 6.42 Å². The number of Topliss-reactive ketones (excluding diaryl/α,β-unsaturated/α-hetero) is 1. The molecule has 0 bridgehead atoms. The van der Waals surface area contributed by atoms with Gasteiger partial charge in [0.25, 0.3) is 0 Å². The molecule has 0 saturated heterocycles. The minimum Gasteiger partial charge on any atom is -0.507 e. The monoisotopic (exact) mass is 206 g/mol. The fourth-order valence-electron chi connectivity index (χ4n) is 1.43. The van der Waals surface area contributed by atoms with Crippen molar-refractivity contribution in [3.8, 4) is 11.5 Å². The molecule has 1 aromatic rings. The van der Waals surface area contributed by atoms with Gasteiger partial charge in [0.2, 0.25) is 0 Å². The zero-order chi connectivity index (χ0) is 11.4. The van der Waals surface area contributed by atoms with Gasteiger partial charge in [-0.2, -0.15) is 0 Å². The van der Waals surface area contributed by atoms with E-state index >= 15 is 0 Å². The topological polar surface area (TPSA) is 46.5 Å². The van der Waals surface area contributed by atoms with Gasteiger partial charge in [-0.3, -0.25) is 4.79 Å². The summed E-state index contributed by atoms with van der Waals surface area (Å²) in [4.78, 5) is 11.2. The Morgan fingerprint density at radius 2 is 2.27 bits per heavy atom. The normalized spacial score (nSPS) is 9.73. The molecule has 1 rings (SSSR count). The molecule has 1 N–H and O–H groups in total. The molecule has 0 aliphatic carbocycles. The summed E-state index contributed by atoms with van der Waals surface area (Å²) in [5.41, 5.74) is 0.910. The highest BCUT2D eigenvalue weighted by Gasteiger charge is 2.14. The molecular weight excluding hydrogens is 192 g/mol. The number of phenolic OH excluding ortho intramolecular Hbond substituents is 1. The van der Waals surface area contributed by atoms with E-state index in [0.29, 0.717) is 23.3 Å². The summed E-state index contributed by atoms with van der Waals surface area (Å²) in [5.74, 6) is 0.389. The number of ether oxygens (including phenoxy) is 1. The number of carbonyl (C=O) groups is 1. The van der Waals surface area contributed by atoms with E-state index in [2.05, 4.69) is 6.58 Å². The number of allylic oxidation sites excluding steroid dienone is 1. The van der Waals surface area contributed by atoms with Crippen LogP contribution in [0.2, 0.25) is 0 Å². The summed E-state index contributed by atoms with van der Waals surface area (Å²) in [6.45, 7) is 5.01. The Morgan fingerprint density at radius 3 is 2.73 bits per heavy atom. The van der Waals surface area contributed by atoms with E-state index in [1.165, 1.54) is 14.0 Å². The average molecular weight is 206 g/mol. The predicted molar refractivity (Wildman–Crippen MR) is 58.6 cm³/mol. The van der Waals surface area contributed by atoms with Crippen LogP contribution in [0.4, 0.5) is 0 Å². The van der Waals surface area contributed by atoms with E-state index in [1.54, 1.807) is 18.2 Å². The van der Waals surface area contributed by atoms with E-state index in [4.69, 9.17) is 4.74 Å². The molecular formula is C12H14O3. The molecule has 0 spiro atoms.